The second kappa shape index (κ2) is 5.58. The van der Waals surface area contributed by atoms with Crippen LogP contribution in [0.4, 0.5) is 0 Å². The first-order valence-electron chi connectivity index (χ1n) is 6.42. The molecule has 0 nitrogen and oxygen atoms in total. The lowest BCUT2D eigenvalue weighted by atomic mass is 9.83. The maximum absolute atomic E-state index is 2.41. The predicted molar refractivity (Wildman–Crippen MR) is 64.4 cm³/mol. The van der Waals surface area contributed by atoms with Crippen LogP contribution in [0.2, 0.25) is 0 Å². The van der Waals surface area contributed by atoms with Gasteiger partial charge in [0.1, 0.15) is 0 Å². The van der Waals surface area contributed by atoms with Gasteiger partial charge in [-0.25, -0.2) is 0 Å². The van der Waals surface area contributed by atoms with E-state index in [1.807, 2.05) is 11.1 Å². The second-order valence-electron chi connectivity index (χ2n) is 4.88. The van der Waals surface area contributed by atoms with Gasteiger partial charge in [-0.1, -0.05) is 38.8 Å². The van der Waals surface area contributed by atoms with E-state index in [0.29, 0.717) is 0 Å². The van der Waals surface area contributed by atoms with Gasteiger partial charge in [0.05, 0.1) is 0 Å². The van der Waals surface area contributed by atoms with Crippen molar-refractivity contribution in [2.24, 2.45) is 11.8 Å². The maximum Gasteiger partial charge on any atom is -0.0229 e. The highest BCUT2D eigenvalue weighted by atomic mass is 14.3. The first-order valence-corrected chi connectivity index (χ1v) is 6.42. The predicted octanol–water partition coefficient (Wildman–Crippen LogP) is 4.95. The topological polar surface area (TPSA) is 0 Å². The summed E-state index contributed by atoms with van der Waals surface area (Å²) in [5, 5.41) is 0. The molecule has 0 aromatic heterocycles. The van der Waals surface area contributed by atoms with Gasteiger partial charge < -0.3 is 0 Å². The van der Waals surface area contributed by atoms with Crippen LogP contribution < -0.4 is 0 Å². The zero-order chi connectivity index (χ0) is 10.6. The Balaban J connectivity index is 2.84. The smallest absolute Gasteiger partial charge is 0.0229 e. The summed E-state index contributed by atoms with van der Waals surface area (Å²) in [5.41, 5.74) is 3.63. The van der Waals surface area contributed by atoms with Crippen LogP contribution in [0.25, 0.3) is 0 Å². The van der Waals surface area contributed by atoms with Crippen LogP contribution in [-0.2, 0) is 0 Å². The van der Waals surface area contributed by atoms with Gasteiger partial charge in [0.25, 0.3) is 0 Å². The Kier molecular flexibility index (Phi) is 4.71. The van der Waals surface area contributed by atoms with Crippen LogP contribution in [-0.4, -0.2) is 0 Å². The lowest BCUT2D eigenvalue weighted by Crippen LogP contribution is -2.09. The third kappa shape index (κ3) is 2.62. The van der Waals surface area contributed by atoms with E-state index in [2.05, 4.69) is 27.7 Å². The molecule has 1 aliphatic rings. The van der Waals surface area contributed by atoms with Crippen molar-refractivity contribution in [3.63, 3.8) is 0 Å². The molecule has 0 saturated heterocycles. The van der Waals surface area contributed by atoms with Crippen LogP contribution in [0.3, 0.4) is 0 Å². The van der Waals surface area contributed by atoms with Crippen LogP contribution in [0.5, 0.6) is 0 Å². The molecule has 1 fully saturated rings. The van der Waals surface area contributed by atoms with Crippen LogP contribution in [0.15, 0.2) is 11.1 Å². The van der Waals surface area contributed by atoms with E-state index in [-0.39, 0.29) is 0 Å². The summed E-state index contributed by atoms with van der Waals surface area (Å²) in [6.45, 7) is 9.46. The second-order valence-corrected chi connectivity index (χ2v) is 4.88. The molecule has 0 aromatic carbocycles. The highest BCUT2D eigenvalue weighted by Gasteiger charge is 2.20. The quantitative estimate of drug-likeness (QED) is 0.555. The van der Waals surface area contributed by atoms with Crippen molar-refractivity contribution in [3.8, 4) is 0 Å². The summed E-state index contributed by atoms with van der Waals surface area (Å²) in [6.07, 6.45) is 8.28. The van der Waals surface area contributed by atoms with Gasteiger partial charge in [0.15, 0.2) is 0 Å². The molecule has 1 rings (SSSR count). The van der Waals surface area contributed by atoms with Gasteiger partial charge in [0.2, 0.25) is 0 Å². The summed E-state index contributed by atoms with van der Waals surface area (Å²) in [5.74, 6) is 1.64. The summed E-state index contributed by atoms with van der Waals surface area (Å²) in [4.78, 5) is 0. The molecule has 82 valence electrons. The molecule has 0 amide bonds. The summed E-state index contributed by atoms with van der Waals surface area (Å²) in [7, 11) is 0. The van der Waals surface area contributed by atoms with Crippen molar-refractivity contribution < 1.29 is 0 Å². The molecule has 0 radical (unpaired) electrons. The molecule has 14 heavy (non-hydrogen) atoms. The Hall–Kier alpha value is -0.260. The molecule has 0 aliphatic heterocycles. The average Bonchev–Trinajstić information content (AvgIpc) is 2.70. The summed E-state index contributed by atoms with van der Waals surface area (Å²) < 4.78 is 0. The highest BCUT2D eigenvalue weighted by molar-refractivity contribution is 5.21. The minimum absolute atomic E-state index is 0.818. The third-order valence-electron chi connectivity index (χ3n) is 3.90. The molecule has 0 heterocycles. The van der Waals surface area contributed by atoms with Crippen molar-refractivity contribution >= 4 is 0 Å². The number of rotatable bonds is 4. The fourth-order valence-corrected chi connectivity index (χ4v) is 2.71. The monoisotopic (exact) mass is 194 g/mol. The molecule has 0 spiro atoms. The molecule has 2 unspecified atom stereocenters. The third-order valence-corrected chi connectivity index (χ3v) is 3.90. The van der Waals surface area contributed by atoms with Crippen molar-refractivity contribution in [3.05, 3.63) is 11.1 Å². The molecular weight excluding hydrogens is 168 g/mol. The van der Waals surface area contributed by atoms with E-state index in [1.54, 1.807) is 0 Å². The van der Waals surface area contributed by atoms with E-state index in [9.17, 15) is 0 Å². The number of hydrogen-bond donors (Lipinski definition) is 0. The lowest BCUT2D eigenvalue weighted by Gasteiger charge is -2.23. The largest absolute Gasteiger partial charge is 0.0705 e. The fourth-order valence-electron chi connectivity index (χ4n) is 2.71. The normalized spacial score (nSPS) is 21.0. The Morgan fingerprint density at radius 1 is 1.00 bits per heavy atom. The Bertz CT molecular complexity index is 180. The van der Waals surface area contributed by atoms with Crippen LogP contribution in [0, 0.1) is 11.8 Å². The lowest BCUT2D eigenvalue weighted by molar-refractivity contribution is 0.519. The van der Waals surface area contributed by atoms with Crippen LogP contribution in [0.1, 0.15) is 66.2 Å². The SMILES string of the molecule is CCC(C)C(=C1CCCC1)C(C)CC. The van der Waals surface area contributed by atoms with Gasteiger partial charge in [-0.3, -0.25) is 0 Å². The Morgan fingerprint density at radius 2 is 1.43 bits per heavy atom. The Morgan fingerprint density at radius 3 is 1.79 bits per heavy atom. The summed E-state index contributed by atoms with van der Waals surface area (Å²) >= 11 is 0. The van der Waals surface area contributed by atoms with E-state index in [0.717, 1.165) is 11.8 Å². The van der Waals surface area contributed by atoms with Crippen molar-refractivity contribution in [1.29, 1.82) is 0 Å². The van der Waals surface area contributed by atoms with Crippen molar-refractivity contribution in [1.82, 2.24) is 0 Å². The zero-order valence-corrected chi connectivity index (χ0v) is 10.4. The molecule has 0 bridgehead atoms. The van der Waals surface area contributed by atoms with Crippen molar-refractivity contribution in [2.75, 3.05) is 0 Å². The standard InChI is InChI=1S/C14H26/c1-5-11(3)14(12(4)6-2)13-9-7-8-10-13/h11-12H,5-10H2,1-4H3. The van der Waals surface area contributed by atoms with E-state index in [4.69, 9.17) is 0 Å². The van der Waals surface area contributed by atoms with Gasteiger partial charge in [-0.2, -0.15) is 0 Å². The van der Waals surface area contributed by atoms with Gasteiger partial charge in [0, 0.05) is 0 Å². The van der Waals surface area contributed by atoms with E-state index >= 15 is 0 Å². The summed E-state index contributed by atoms with van der Waals surface area (Å²) in [6, 6.07) is 0. The first-order chi connectivity index (χ1) is 6.70. The zero-order valence-electron chi connectivity index (χ0n) is 10.4. The van der Waals surface area contributed by atoms with Gasteiger partial charge in [-0.15, -0.1) is 0 Å². The van der Waals surface area contributed by atoms with E-state index in [1.165, 1.54) is 38.5 Å². The average molecular weight is 194 g/mol. The molecule has 0 heteroatoms. The highest BCUT2D eigenvalue weighted by Crippen LogP contribution is 2.36. The maximum atomic E-state index is 2.41. The number of hydrogen-bond acceptors (Lipinski definition) is 0. The molecular formula is C14H26. The molecule has 0 aromatic rings. The fraction of sp³-hybridized carbons (Fsp3) is 0.857. The molecule has 0 N–H and O–H groups in total. The van der Waals surface area contributed by atoms with Gasteiger partial charge >= 0.3 is 0 Å². The minimum atomic E-state index is 0.818. The van der Waals surface area contributed by atoms with Crippen molar-refractivity contribution in [2.45, 2.75) is 66.2 Å². The number of allylic oxidation sites excluding steroid dienone is 2. The molecule has 2 atom stereocenters. The molecule has 1 aliphatic carbocycles. The Labute approximate surface area is 89.8 Å². The first kappa shape index (κ1) is 11.8. The van der Waals surface area contributed by atoms with E-state index < -0.39 is 0 Å². The minimum Gasteiger partial charge on any atom is -0.0705 e. The molecule has 1 saturated carbocycles. The van der Waals surface area contributed by atoms with Gasteiger partial charge in [-0.05, 0) is 50.4 Å². The van der Waals surface area contributed by atoms with Crippen LogP contribution >= 0.6 is 0 Å².